The van der Waals surface area contributed by atoms with Gasteiger partial charge in [-0.15, -0.1) is 0 Å². The van der Waals surface area contributed by atoms with Crippen LogP contribution in [0, 0.1) is 0 Å². The van der Waals surface area contributed by atoms with E-state index in [0.29, 0.717) is 19.5 Å². The largest absolute Gasteiger partial charge is 0.481 e. The zero-order valence-electron chi connectivity index (χ0n) is 10.9. The lowest BCUT2D eigenvalue weighted by atomic mass is 10.3. The van der Waals surface area contributed by atoms with Crippen molar-refractivity contribution in [2.75, 3.05) is 32.8 Å². The highest BCUT2D eigenvalue weighted by Crippen LogP contribution is 1.99. The Labute approximate surface area is 111 Å². The van der Waals surface area contributed by atoms with Gasteiger partial charge in [0.2, 0.25) is 0 Å². The second kappa shape index (κ2) is 9.29. The fourth-order valence-corrected chi connectivity index (χ4v) is 1.58. The van der Waals surface area contributed by atoms with Gasteiger partial charge in [0.1, 0.15) is 0 Å². The van der Waals surface area contributed by atoms with Crippen molar-refractivity contribution in [1.82, 2.24) is 9.80 Å². The Kier molecular flexibility index (Phi) is 8.47. The maximum atomic E-state index is 10.7. The maximum Gasteiger partial charge on any atom is 0.317 e. The molecule has 0 heterocycles. The third kappa shape index (κ3) is 9.98. The molecule has 0 unspecified atom stereocenters. The van der Waals surface area contributed by atoms with E-state index in [1.54, 1.807) is 11.8 Å². The summed E-state index contributed by atoms with van der Waals surface area (Å²) in [4.78, 5) is 34.8. The van der Waals surface area contributed by atoms with Crippen LogP contribution in [0.5, 0.6) is 0 Å². The summed E-state index contributed by atoms with van der Waals surface area (Å²) in [7, 11) is 0. The molecule has 19 heavy (non-hydrogen) atoms. The van der Waals surface area contributed by atoms with E-state index >= 15 is 0 Å². The van der Waals surface area contributed by atoms with Gasteiger partial charge in [0.05, 0.1) is 19.8 Å². The zero-order valence-corrected chi connectivity index (χ0v) is 10.9. The van der Waals surface area contributed by atoms with Gasteiger partial charge in [0.15, 0.2) is 0 Å². The normalized spacial score (nSPS) is 10.9. The lowest BCUT2D eigenvalue weighted by Gasteiger charge is -2.27. The number of carbonyl (C=O) groups is 3. The van der Waals surface area contributed by atoms with E-state index in [-0.39, 0.29) is 26.2 Å². The van der Waals surface area contributed by atoms with Crippen molar-refractivity contribution in [3.63, 3.8) is 0 Å². The molecular weight excluding hydrogens is 256 g/mol. The summed E-state index contributed by atoms with van der Waals surface area (Å²) in [5.41, 5.74) is 0. The first kappa shape index (κ1) is 17.3. The quantitative estimate of drug-likeness (QED) is 0.436. The molecule has 0 amide bonds. The summed E-state index contributed by atoms with van der Waals surface area (Å²) in [5.74, 6) is -2.95. The van der Waals surface area contributed by atoms with E-state index < -0.39 is 17.9 Å². The summed E-state index contributed by atoms with van der Waals surface area (Å²) >= 11 is 0. The molecule has 0 aliphatic carbocycles. The molecule has 0 aliphatic rings. The summed E-state index contributed by atoms with van der Waals surface area (Å²) < 4.78 is 0. The van der Waals surface area contributed by atoms with E-state index in [2.05, 4.69) is 0 Å². The average Bonchev–Trinajstić information content (AvgIpc) is 2.25. The van der Waals surface area contributed by atoms with Crippen LogP contribution < -0.4 is 0 Å². The van der Waals surface area contributed by atoms with E-state index in [1.165, 1.54) is 4.90 Å². The predicted molar refractivity (Wildman–Crippen MR) is 65.8 cm³/mol. The first-order valence-corrected chi connectivity index (χ1v) is 5.95. The van der Waals surface area contributed by atoms with E-state index in [4.69, 9.17) is 15.3 Å². The molecule has 0 saturated heterocycles. The molecule has 0 aliphatic heterocycles. The molecule has 0 rings (SSSR count). The van der Waals surface area contributed by atoms with Crippen molar-refractivity contribution in [3.8, 4) is 0 Å². The number of likely N-dealkylation sites (N-methyl/N-ethyl adjacent to an activating group) is 1. The third-order valence-corrected chi connectivity index (χ3v) is 2.43. The molecule has 0 fully saturated rings. The Hall–Kier alpha value is -1.67. The Morgan fingerprint density at radius 2 is 1.42 bits per heavy atom. The molecular formula is C11H20N2O6. The van der Waals surface area contributed by atoms with Gasteiger partial charge in [-0.3, -0.25) is 24.2 Å². The molecule has 0 bridgehead atoms. The molecule has 0 saturated carbocycles. The number of aliphatic carboxylic acids is 3. The summed E-state index contributed by atoms with van der Waals surface area (Å²) in [5, 5.41) is 26.0. The monoisotopic (exact) mass is 276 g/mol. The Balaban J connectivity index is 4.33. The number of rotatable bonds is 11. The smallest absolute Gasteiger partial charge is 0.317 e. The molecule has 0 aromatic heterocycles. The van der Waals surface area contributed by atoms with Gasteiger partial charge in [0.25, 0.3) is 0 Å². The van der Waals surface area contributed by atoms with Gasteiger partial charge in [-0.05, 0) is 13.0 Å². The molecule has 110 valence electrons. The minimum atomic E-state index is -1.03. The molecule has 8 nitrogen and oxygen atoms in total. The van der Waals surface area contributed by atoms with Crippen LogP contribution in [0.2, 0.25) is 0 Å². The van der Waals surface area contributed by atoms with Crippen molar-refractivity contribution in [2.24, 2.45) is 0 Å². The second-order valence-corrected chi connectivity index (χ2v) is 4.12. The molecule has 8 heteroatoms. The first-order chi connectivity index (χ1) is 8.85. The average molecular weight is 276 g/mol. The summed E-state index contributed by atoms with van der Waals surface area (Å²) in [6.07, 6.45) is 0.286. The van der Waals surface area contributed by atoms with Crippen molar-refractivity contribution in [3.05, 3.63) is 0 Å². The van der Waals surface area contributed by atoms with Crippen LogP contribution in [0.1, 0.15) is 19.8 Å². The number of nitrogens with zero attached hydrogens (tertiary/aromatic N) is 2. The van der Waals surface area contributed by atoms with Crippen LogP contribution in [0.3, 0.4) is 0 Å². The number of carboxylic acids is 3. The van der Waals surface area contributed by atoms with Gasteiger partial charge < -0.3 is 15.3 Å². The SMILES string of the molecule is CCN(CC(=O)O)CN(CCCC(=O)O)CC(=O)O. The van der Waals surface area contributed by atoms with Crippen LogP contribution in [-0.4, -0.2) is 75.9 Å². The fourth-order valence-electron chi connectivity index (χ4n) is 1.58. The van der Waals surface area contributed by atoms with Crippen LogP contribution in [0.25, 0.3) is 0 Å². The van der Waals surface area contributed by atoms with Crippen molar-refractivity contribution >= 4 is 17.9 Å². The molecule has 0 aromatic rings. The highest BCUT2D eigenvalue weighted by Gasteiger charge is 2.15. The lowest BCUT2D eigenvalue weighted by molar-refractivity contribution is -0.140. The minimum absolute atomic E-state index is 0.0405. The minimum Gasteiger partial charge on any atom is -0.481 e. The number of hydrogen-bond donors (Lipinski definition) is 3. The second-order valence-electron chi connectivity index (χ2n) is 4.12. The summed E-state index contributed by atoms with van der Waals surface area (Å²) in [6, 6.07) is 0. The number of hydrogen-bond acceptors (Lipinski definition) is 5. The number of carboxylic acid groups (broad SMARTS) is 3. The third-order valence-electron chi connectivity index (χ3n) is 2.43. The zero-order chi connectivity index (χ0) is 14.8. The van der Waals surface area contributed by atoms with Gasteiger partial charge >= 0.3 is 17.9 Å². The fraction of sp³-hybridized carbons (Fsp3) is 0.727. The standard InChI is InChI=1S/C11H20N2O6/c1-2-12(6-10(16)17)8-13(7-11(18)19)5-3-4-9(14)15/h2-8H2,1H3,(H,14,15)(H,16,17)(H,18,19). The predicted octanol–water partition coefficient (Wildman–Crippen LogP) is -0.398. The topological polar surface area (TPSA) is 118 Å². The highest BCUT2D eigenvalue weighted by molar-refractivity contribution is 5.69. The Bertz CT molecular complexity index is 320. The van der Waals surface area contributed by atoms with Gasteiger partial charge in [0, 0.05) is 13.0 Å². The van der Waals surface area contributed by atoms with Crippen LogP contribution in [0.4, 0.5) is 0 Å². The molecule has 3 N–H and O–H groups in total. The Morgan fingerprint density at radius 3 is 1.84 bits per heavy atom. The molecule has 0 aromatic carbocycles. The van der Waals surface area contributed by atoms with Crippen LogP contribution >= 0.6 is 0 Å². The highest BCUT2D eigenvalue weighted by atomic mass is 16.4. The van der Waals surface area contributed by atoms with Crippen molar-refractivity contribution in [2.45, 2.75) is 19.8 Å². The van der Waals surface area contributed by atoms with Crippen molar-refractivity contribution < 1.29 is 29.7 Å². The van der Waals surface area contributed by atoms with Gasteiger partial charge in [-0.2, -0.15) is 0 Å². The van der Waals surface area contributed by atoms with Gasteiger partial charge in [-0.1, -0.05) is 6.92 Å². The molecule has 0 radical (unpaired) electrons. The molecule has 0 spiro atoms. The van der Waals surface area contributed by atoms with E-state index in [9.17, 15) is 14.4 Å². The van der Waals surface area contributed by atoms with Crippen LogP contribution in [0.15, 0.2) is 0 Å². The van der Waals surface area contributed by atoms with E-state index in [1.807, 2.05) is 0 Å². The van der Waals surface area contributed by atoms with Gasteiger partial charge in [-0.25, -0.2) is 0 Å². The lowest BCUT2D eigenvalue weighted by Crippen LogP contribution is -2.43. The first-order valence-electron chi connectivity index (χ1n) is 5.95. The summed E-state index contributed by atoms with van der Waals surface area (Å²) in [6.45, 7) is 2.32. The van der Waals surface area contributed by atoms with Crippen LogP contribution in [-0.2, 0) is 14.4 Å². The Morgan fingerprint density at radius 1 is 0.895 bits per heavy atom. The maximum absolute atomic E-state index is 10.7. The van der Waals surface area contributed by atoms with Crippen molar-refractivity contribution in [1.29, 1.82) is 0 Å². The van der Waals surface area contributed by atoms with E-state index in [0.717, 1.165) is 0 Å². The molecule has 0 atom stereocenters.